The number of aliphatic hydroxyl groups excluding tert-OH is 1. The quantitative estimate of drug-likeness (QED) is 0.764. The first-order chi connectivity index (χ1) is 11.1. The molecular formula is C17H16N2O3S. The minimum atomic E-state index is -0.218. The highest BCUT2D eigenvalue weighted by atomic mass is 32.1. The van der Waals surface area contributed by atoms with Gasteiger partial charge in [-0.15, -0.1) is 11.3 Å². The molecule has 3 rings (SSSR count). The van der Waals surface area contributed by atoms with Gasteiger partial charge in [-0.3, -0.25) is 4.79 Å². The monoisotopic (exact) mass is 328 g/mol. The highest BCUT2D eigenvalue weighted by Crippen LogP contribution is 2.29. The number of aryl methyl sites for hydroxylation is 2. The second-order valence-corrected chi connectivity index (χ2v) is 6.16. The van der Waals surface area contributed by atoms with E-state index in [1.54, 1.807) is 31.2 Å². The highest BCUT2D eigenvalue weighted by Gasteiger charge is 2.18. The summed E-state index contributed by atoms with van der Waals surface area (Å²) in [6.07, 6.45) is 0. The first-order valence-electron chi connectivity index (χ1n) is 7.12. The molecule has 0 aliphatic carbocycles. The fourth-order valence-electron chi connectivity index (χ4n) is 2.20. The molecule has 3 aromatic rings. The maximum absolute atomic E-state index is 12.5. The molecule has 0 aliphatic rings. The summed E-state index contributed by atoms with van der Waals surface area (Å²) in [5.41, 5.74) is 2.05. The van der Waals surface area contributed by atoms with E-state index in [1.165, 1.54) is 11.3 Å². The zero-order chi connectivity index (χ0) is 16.4. The van der Waals surface area contributed by atoms with Crippen LogP contribution in [0.15, 0.2) is 40.8 Å². The lowest BCUT2D eigenvalue weighted by Gasteiger charge is -2.05. The van der Waals surface area contributed by atoms with Crippen LogP contribution in [-0.2, 0) is 6.61 Å². The molecule has 0 spiro atoms. The SMILES string of the molecule is Cc1ccc(-c2nc(C)c(C(=O)Nc3cccc(CO)c3)s2)o1. The second kappa shape index (κ2) is 6.36. The Labute approximate surface area is 137 Å². The van der Waals surface area contributed by atoms with Crippen molar-refractivity contribution < 1.29 is 14.3 Å². The molecule has 2 aromatic heterocycles. The second-order valence-electron chi connectivity index (χ2n) is 5.16. The van der Waals surface area contributed by atoms with Crippen molar-refractivity contribution in [2.75, 3.05) is 5.32 Å². The Morgan fingerprint density at radius 1 is 1.30 bits per heavy atom. The molecule has 0 unspecified atom stereocenters. The van der Waals surface area contributed by atoms with Gasteiger partial charge in [0.2, 0.25) is 0 Å². The van der Waals surface area contributed by atoms with Crippen molar-refractivity contribution in [3.8, 4) is 10.8 Å². The van der Waals surface area contributed by atoms with Crippen LogP contribution in [0.3, 0.4) is 0 Å². The normalized spacial score (nSPS) is 10.7. The molecule has 6 heteroatoms. The summed E-state index contributed by atoms with van der Waals surface area (Å²) in [5, 5.41) is 12.7. The van der Waals surface area contributed by atoms with E-state index in [-0.39, 0.29) is 12.5 Å². The fraction of sp³-hybridized carbons (Fsp3) is 0.176. The van der Waals surface area contributed by atoms with Gasteiger partial charge in [-0.1, -0.05) is 12.1 Å². The molecule has 0 radical (unpaired) electrons. The molecule has 0 atom stereocenters. The molecule has 0 saturated heterocycles. The smallest absolute Gasteiger partial charge is 0.267 e. The van der Waals surface area contributed by atoms with Gasteiger partial charge in [0.15, 0.2) is 10.8 Å². The van der Waals surface area contributed by atoms with Crippen LogP contribution >= 0.6 is 11.3 Å². The highest BCUT2D eigenvalue weighted by molar-refractivity contribution is 7.17. The summed E-state index contributed by atoms with van der Waals surface area (Å²) >= 11 is 1.30. The molecule has 2 heterocycles. The zero-order valence-electron chi connectivity index (χ0n) is 12.8. The third-order valence-electron chi connectivity index (χ3n) is 3.32. The molecule has 1 aromatic carbocycles. The number of nitrogens with one attached hydrogen (secondary N) is 1. The van der Waals surface area contributed by atoms with Gasteiger partial charge in [0.05, 0.1) is 12.3 Å². The molecule has 0 aliphatic heterocycles. The Hall–Kier alpha value is -2.44. The number of hydrogen-bond donors (Lipinski definition) is 2. The van der Waals surface area contributed by atoms with Gasteiger partial charge in [0.1, 0.15) is 10.6 Å². The van der Waals surface area contributed by atoms with Crippen molar-refractivity contribution in [3.05, 3.63) is 58.3 Å². The average molecular weight is 328 g/mol. The minimum Gasteiger partial charge on any atom is -0.459 e. The third kappa shape index (κ3) is 3.33. The number of carbonyl (C=O) groups is 1. The number of furan rings is 1. The maximum atomic E-state index is 12.5. The van der Waals surface area contributed by atoms with Gasteiger partial charge in [0, 0.05) is 5.69 Å². The molecular weight excluding hydrogens is 312 g/mol. The molecule has 0 fully saturated rings. The number of hydrogen-bond acceptors (Lipinski definition) is 5. The van der Waals surface area contributed by atoms with Crippen LogP contribution in [0.25, 0.3) is 10.8 Å². The lowest BCUT2D eigenvalue weighted by Crippen LogP contribution is -2.11. The Morgan fingerprint density at radius 2 is 2.13 bits per heavy atom. The summed E-state index contributed by atoms with van der Waals surface area (Å²) < 4.78 is 5.55. The third-order valence-corrected chi connectivity index (χ3v) is 4.49. The van der Waals surface area contributed by atoms with Crippen LogP contribution in [-0.4, -0.2) is 16.0 Å². The van der Waals surface area contributed by atoms with E-state index in [2.05, 4.69) is 10.3 Å². The van der Waals surface area contributed by atoms with Gasteiger partial charge >= 0.3 is 0 Å². The van der Waals surface area contributed by atoms with Gasteiger partial charge in [0.25, 0.3) is 5.91 Å². The summed E-state index contributed by atoms with van der Waals surface area (Å²) in [7, 11) is 0. The maximum Gasteiger partial charge on any atom is 0.267 e. The molecule has 2 N–H and O–H groups in total. The van der Waals surface area contributed by atoms with Crippen LogP contribution in [0.4, 0.5) is 5.69 Å². The van der Waals surface area contributed by atoms with Crippen molar-refractivity contribution in [2.45, 2.75) is 20.5 Å². The van der Waals surface area contributed by atoms with E-state index in [4.69, 9.17) is 9.52 Å². The van der Waals surface area contributed by atoms with E-state index in [0.717, 1.165) is 11.3 Å². The van der Waals surface area contributed by atoms with E-state index in [1.807, 2.05) is 19.1 Å². The summed E-state index contributed by atoms with van der Waals surface area (Å²) in [6.45, 7) is 3.60. The first-order valence-corrected chi connectivity index (χ1v) is 7.94. The number of rotatable bonds is 4. The number of aliphatic hydroxyl groups is 1. The van der Waals surface area contributed by atoms with Crippen molar-refractivity contribution in [3.63, 3.8) is 0 Å². The average Bonchev–Trinajstić information content (AvgIpc) is 3.13. The Bertz CT molecular complexity index is 851. The Kier molecular flexibility index (Phi) is 4.27. The first kappa shape index (κ1) is 15.5. The van der Waals surface area contributed by atoms with Crippen molar-refractivity contribution in [1.29, 1.82) is 0 Å². The van der Waals surface area contributed by atoms with E-state index in [9.17, 15) is 4.79 Å². The predicted molar refractivity (Wildman–Crippen MR) is 89.6 cm³/mol. The molecule has 23 heavy (non-hydrogen) atoms. The van der Waals surface area contributed by atoms with Crippen LogP contribution in [0.2, 0.25) is 0 Å². The standard InChI is InChI=1S/C17H16N2O3S/c1-10-6-7-14(22-10)17-18-11(2)15(23-17)16(21)19-13-5-3-4-12(8-13)9-20/h3-8,20H,9H2,1-2H3,(H,19,21). The summed E-state index contributed by atoms with van der Waals surface area (Å²) in [4.78, 5) is 17.4. The van der Waals surface area contributed by atoms with Crippen LogP contribution in [0.5, 0.6) is 0 Å². The van der Waals surface area contributed by atoms with E-state index in [0.29, 0.717) is 27.0 Å². The van der Waals surface area contributed by atoms with Crippen molar-refractivity contribution in [1.82, 2.24) is 4.98 Å². The largest absolute Gasteiger partial charge is 0.459 e. The topological polar surface area (TPSA) is 75.4 Å². The molecule has 5 nitrogen and oxygen atoms in total. The molecule has 0 saturated carbocycles. The van der Waals surface area contributed by atoms with Gasteiger partial charge < -0.3 is 14.8 Å². The Balaban J connectivity index is 1.83. The lowest BCUT2D eigenvalue weighted by molar-refractivity contribution is 0.103. The molecule has 0 bridgehead atoms. The van der Waals surface area contributed by atoms with E-state index < -0.39 is 0 Å². The summed E-state index contributed by atoms with van der Waals surface area (Å²) in [6, 6.07) is 10.8. The minimum absolute atomic E-state index is 0.0642. The van der Waals surface area contributed by atoms with Crippen molar-refractivity contribution in [2.24, 2.45) is 0 Å². The summed E-state index contributed by atoms with van der Waals surface area (Å²) in [5.74, 6) is 1.25. The number of thiazole rings is 1. The molecule has 1 amide bonds. The molecule has 118 valence electrons. The van der Waals surface area contributed by atoms with Gasteiger partial charge in [-0.05, 0) is 43.7 Å². The number of anilines is 1. The van der Waals surface area contributed by atoms with Gasteiger partial charge in [-0.25, -0.2) is 4.98 Å². The number of aromatic nitrogens is 1. The van der Waals surface area contributed by atoms with Gasteiger partial charge in [-0.2, -0.15) is 0 Å². The van der Waals surface area contributed by atoms with Crippen LogP contribution < -0.4 is 5.32 Å². The zero-order valence-corrected chi connectivity index (χ0v) is 13.6. The lowest BCUT2D eigenvalue weighted by atomic mass is 10.2. The number of nitrogens with zero attached hydrogens (tertiary/aromatic N) is 1. The predicted octanol–water partition coefficient (Wildman–Crippen LogP) is 3.76. The van der Waals surface area contributed by atoms with E-state index >= 15 is 0 Å². The number of carbonyl (C=O) groups excluding carboxylic acids is 1. The Morgan fingerprint density at radius 3 is 2.83 bits per heavy atom. The van der Waals surface area contributed by atoms with Crippen LogP contribution in [0, 0.1) is 13.8 Å². The number of amides is 1. The van der Waals surface area contributed by atoms with Crippen molar-refractivity contribution >= 4 is 22.9 Å². The fourth-order valence-corrected chi connectivity index (χ4v) is 3.12. The van der Waals surface area contributed by atoms with Crippen LogP contribution in [0.1, 0.15) is 26.7 Å². The number of benzene rings is 1.